The zero-order valence-electron chi connectivity index (χ0n) is 17.6. The van der Waals surface area contributed by atoms with Crippen LogP contribution in [0.5, 0.6) is 0 Å². The topological polar surface area (TPSA) is 53.7 Å². The van der Waals surface area contributed by atoms with Crippen molar-refractivity contribution in [3.05, 3.63) is 59.5 Å². The van der Waals surface area contributed by atoms with Crippen molar-refractivity contribution >= 4 is 17.2 Å². The molecule has 1 amide bonds. The van der Waals surface area contributed by atoms with E-state index in [0.717, 1.165) is 49.5 Å². The molecule has 0 unspecified atom stereocenters. The summed E-state index contributed by atoms with van der Waals surface area (Å²) in [6, 6.07) is 12.4. The van der Waals surface area contributed by atoms with E-state index in [0.29, 0.717) is 13.0 Å². The third-order valence-corrected chi connectivity index (χ3v) is 6.55. The predicted octanol–water partition coefficient (Wildman–Crippen LogP) is 3.59. The van der Waals surface area contributed by atoms with Crippen molar-refractivity contribution in [3.63, 3.8) is 0 Å². The highest BCUT2D eigenvalue weighted by Crippen LogP contribution is 2.27. The van der Waals surface area contributed by atoms with Crippen LogP contribution in [0.25, 0.3) is 5.65 Å². The van der Waals surface area contributed by atoms with Crippen LogP contribution in [0.2, 0.25) is 0 Å². The standard InChI is InChI=1S/C24H29N5O/c1-18-7-2-3-8-19(18)15-23(30)28-14-6-9-20(16-28)24-25-22-11-10-21(17-29(22)26-24)27-12-4-5-13-27/h2-3,7-8,10-11,17,20H,4-6,9,12-16H2,1H3/t20-/m1/s1. The van der Waals surface area contributed by atoms with Crippen molar-refractivity contribution in [2.75, 3.05) is 31.1 Å². The zero-order chi connectivity index (χ0) is 20.5. The number of fused-ring (bicyclic) bond motifs is 1. The van der Waals surface area contributed by atoms with Gasteiger partial charge in [0, 0.05) is 32.1 Å². The first-order chi connectivity index (χ1) is 14.7. The van der Waals surface area contributed by atoms with Crippen molar-refractivity contribution in [3.8, 4) is 0 Å². The van der Waals surface area contributed by atoms with E-state index in [1.165, 1.54) is 24.1 Å². The summed E-state index contributed by atoms with van der Waals surface area (Å²) in [5, 5.41) is 4.80. The number of rotatable bonds is 4. The van der Waals surface area contributed by atoms with Gasteiger partial charge in [0.25, 0.3) is 0 Å². The second-order valence-corrected chi connectivity index (χ2v) is 8.64. The van der Waals surface area contributed by atoms with Crippen molar-refractivity contribution in [1.82, 2.24) is 19.5 Å². The number of nitrogens with zero attached hydrogens (tertiary/aromatic N) is 5. The molecule has 30 heavy (non-hydrogen) atoms. The Kier molecular flexibility index (Phi) is 5.15. The van der Waals surface area contributed by atoms with Gasteiger partial charge in [-0.3, -0.25) is 4.79 Å². The van der Waals surface area contributed by atoms with Crippen LogP contribution >= 0.6 is 0 Å². The molecule has 2 aromatic heterocycles. The van der Waals surface area contributed by atoms with Gasteiger partial charge in [-0.25, -0.2) is 9.50 Å². The molecule has 1 aromatic carbocycles. The van der Waals surface area contributed by atoms with Gasteiger partial charge in [-0.2, -0.15) is 5.10 Å². The van der Waals surface area contributed by atoms with E-state index in [2.05, 4.69) is 42.3 Å². The largest absolute Gasteiger partial charge is 0.370 e. The molecule has 3 aromatic rings. The van der Waals surface area contributed by atoms with Gasteiger partial charge in [0.2, 0.25) is 5.91 Å². The first-order valence-corrected chi connectivity index (χ1v) is 11.1. The van der Waals surface area contributed by atoms with E-state index in [1.54, 1.807) is 0 Å². The number of aromatic nitrogens is 3. The molecule has 2 aliphatic heterocycles. The van der Waals surface area contributed by atoms with Crippen molar-refractivity contribution in [2.45, 2.75) is 44.9 Å². The van der Waals surface area contributed by atoms with Crippen LogP contribution in [0.1, 0.15) is 48.6 Å². The number of likely N-dealkylation sites (tertiary alicyclic amines) is 1. The Morgan fingerprint density at radius 3 is 2.73 bits per heavy atom. The van der Waals surface area contributed by atoms with E-state index in [-0.39, 0.29) is 11.8 Å². The summed E-state index contributed by atoms with van der Waals surface area (Å²) < 4.78 is 1.91. The fourth-order valence-corrected chi connectivity index (χ4v) is 4.72. The van der Waals surface area contributed by atoms with Gasteiger partial charge in [-0.15, -0.1) is 0 Å². The van der Waals surface area contributed by atoms with Gasteiger partial charge in [0.15, 0.2) is 11.5 Å². The highest BCUT2D eigenvalue weighted by Gasteiger charge is 2.28. The monoisotopic (exact) mass is 403 g/mol. The van der Waals surface area contributed by atoms with Crippen LogP contribution in [0, 0.1) is 6.92 Å². The van der Waals surface area contributed by atoms with E-state index >= 15 is 0 Å². The summed E-state index contributed by atoms with van der Waals surface area (Å²) in [4.78, 5) is 22.1. The maximum absolute atomic E-state index is 12.9. The van der Waals surface area contributed by atoms with Gasteiger partial charge in [0.05, 0.1) is 18.3 Å². The van der Waals surface area contributed by atoms with Gasteiger partial charge in [-0.05, 0) is 55.9 Å². The van der Waals surface area contributed by atoms with Crippen LogP contribution in [-0.4, -0.2) is 51.6 Å². The number of benzene rings is 1. The number of hydrogen-bond acceptors (Lipinski definition) is 4. The molecular formula is C24H29N5O. The molecule has 2 aliphatic rings. The maximum atomic E-state index is 12.9. The van der Waals surface area contributed by atoms with E-state index in [4.69, 9.17) is 10.1 Å². The molecular weight excluding hydrogens is 374 g/mol. The molecule has 6 heteroatoms. The van der Waals surface area contributed by atoms with Gasteiger partial charge >= 0.3 is 0 Å². The predicted molar refractivity (Wildman–Crippen MR) is 118 cm³/mol. The Morgan fingerprint density at radius 1 is 1.07 bits per heavy atom. The number of anilines is 1. The van der Waals surface area contributed by atoms with Crippen molar-refractivity contribution in [1.29, 1.82) is 0 Å². The second kappa shape index (κ2) is 8.09. The highest BCUT2D eigenvalue weighted by atomic mass is 16.2. The number of pyridine rings is 1. The quantitative estimate of drug-likeness (QED) is 0.668. The lowest BCUT2D eigenvalue weighted by atomic mass is 9.96. The molecule has 4 heterocycles. The number of aryl methyl sites for hydroxylation is 1. The fraction of sp³-hybridized carbons (Fsp3) is 0.458. The first-order valence-electron chi connectivity index (χ1n) is 11.1. The minimum absolute atomic E-state index is 0.203. The lowest BCUT2D eigenvalue weighted by Gasteiger charge is -2.31. The lowest BCUT2D eigenvalue weighted by molar-refractivity contribution is -0.131. The molecule has 0 saturated carbocycles. The minimum Gasteiger partial charge on any atom is -0.370 e. The maximum Gasteiger partial charge on any atom is 0.227 e. The van der Waals surface area contributed by atoms with E-state index in [1.807, 2.05) is 21.5 Å². The number of hydrogen-bond donors (Lipinski definition) is 0. The Balaban J connectivity index is 1.31. The summed E-state index contributed by atoms with van der Waals surface area (Å²) in [6.07, 6.45) is 7.12. The summed E-state index contributed by atoms with van der Waals surface area (Å²) in [5.41, 5.74) is 4.39. The molecule has 0 bridgehead atoms. The summed E-state index contributed by atoms with van der Waals surface area (Å²) in [6.45, 7) is 5.84. The number of carbonyl (C=O) groups is 1. The number of amides is 1. The van der Waals surface area contributed by atoms with Crippen LogP contribution in [0.4, 0.5) is 5.69 Å². The van der Waals surface area contributed by atoms with Crippen LogP contribution in [0.3, 0.4) is 0 Å². The van der Waals surface area contributed by atoms with Crippen molar-refractivity contribution in [2.24, 2.45) is 0 Å². The summed E-state index contributed by atoms with van der Waals surface area (Å²) in [7, 11) is 0. The third-order valence-electron chi connectivity index (χ3n) is 6.55. The Morgan fingerprint density at radius 2 is 1.90 bits per heavy atom. The average molecular weight is 404 g/mol. The molecule has 0 N–H and O–H groups in total. The van der Waals surface area contributed by atoms with E-state index in [9.17, 15) is 4.79 Å². The van der Waals surface area contributed by atoms with Crippen molar-refractivity contribution < 1.29 is 4.79 Å². The normalized spacial score (nSPS) is 19.6. The second-order valence-electron chi connectivity index (χ2n) is 8.64. The van der Waals surface area contributed by atoms with Crippen LogP contribution in [-0.2, 0) is 11.2 Å². The summed E-state index contributed by atoms with van der Waals surface area (Å²) >= 11 is 0. The van der Waals surface area contributed by atoms with Crippen LogP contribution in [0.15, 0.2) is 42.6 Å². The minimum atomic E-state index is 0.203. The molecule has 5 rings (SSSR count). The molecule has 156 valence electrons. The van der Waals surface area contributed by atoms with E-state index < -0.39 is 0 Å². The molecule has 0 radical (unpaired) electrons. The smallest absolute Gasteiger partial charge is 0.227 e. The Hall–Kier alpha value is -2.89. The Bertz CT molecular complexity index is 1050. The highest BCUT2D eigenvalue weighted by molar-refractivity contribution is 5.79. The molecule has 1 atom stereocenters. The third kappa shape index (κ3) is 3.78. The molecule has 2 saturated heterocycles. The Labute approximate surface area is 177 Å². The molecule has 2 fully saturated rings. The zero-order valence-corrected chi connectivity index (χ0v) is 17.6. The molecule has 0 spiro atoms. The SMILES string of the molecule is Cc1ccccc1CC(=O)N1CCC[C@@H](c2nc3ccc(N4CCCC4)cn3n2)C1. The van der Waals surface area contributed by atoms with Gasteiger partial charge in [0.1, 0.15) is 0 Å². The van der Waals surface area contributed by atoms with Gasteiger partial charge in [-0.1, -0.05) is 24.3 Å². The molecule has 6 nitrogen and oxygen atoms in total. The average Bonchev–Trinajstić information content (AvgIpc) is 3.45. The fourth-order valence-electron chi connectivity index (χ4n) is 4.72. The number of piperidine rings is 1. The lowest BCUT2D eigenvalue weighted by Crippen LogP contribution is -2.40. The first kappa shape index (κ1) is 19.1. The molecule has 0 aliphatic carbocycles. The summed E-state index contributed by atoms with van der Waals surface area (Å²) in [5.74, 6) is 1.27. The van der Waals surface area contributed by atoms with Gasteiger partial charge < -0.3 is 9.80 Å². The van der Waals surface area contributed by atoms with Crippen LogP contribution < -0.4 is 4.90 Å². The number of carbonyl (C=O) groups excluding carboxylic acids is 1.